The lowest BCUT2D eigenvalue weighted by Crippen LogP contribution is -2.07. The van der Waals surface area contributed by atoms with Gasteiger partial charge in [-0.1, -0.05) is 11.6 Å². The van der Waals surface area contributed by atoms with Crippen LogP contribution in [-0.4, -0.2) is 4.98 Å². The van der Waals surface area contributed by atoms with E-state index in [4.69, 9.17) is 21.8 Å². The van der Waals surface area contributed by atoms with E-state index in [0.29, 0.717) is 10.8 Å². The van der Waals surface area contributed by atoms with E-state index >= 15 is 0 Å². The maximum Gasteiger partial charge on any atom is 0.295 e. The molecule has 0 unspecified atom stereocenters. The molecule has 0 amide bonds. The number of hydrogen-bond donors (Lipinski definition) is 1. The lowest BCUT2D eigenvalue weighted by molar-refractivity contribution is 0.564. The third kappa shape index (κ3) is 2.16. The number of halogens is 1. The van der Waals surface area contributed by atoms with Gasteiger partial charge in [0.1, 0.15) is 5.76 Å². The van der Waals surface area contributed by atoms with Gasteiger partial charge in [-0.15, -0.1) is 0 Å². The van der Waals surface area contributed by atoms with Gasteiger partial charge in [0, 0.05) is 16.7 Å². The van der Waals surface area contributed by atoms with Crippen molar-refractivity contribution in [3.63, 3.8) is 0 Å². The topological polar surface area (TPSA) is 69.1 Å². The summed E-state index contributed by atoms with van der Waals surface area (Å²) in [4.78, 5) is 14.5. The Kier molecular flexibility index (Phi) is 2.43. The van der Waals surface area contributed by atoms with Crippen LogP contribution in [-0.2, 0) is 0 Å². The van der Waals surface area contributed by atoms with Gasteiger partial charge in [0.25, 0.3) is 11.6 Å². The van der Waals surface area contributed by atoms with Gasteiger partial charge in [-0.2, -0.15) is 4.98 Å². The summed E-state index contributed by atoms with van der Waals surface area (Å²) < 4.78 is 5.11. The quantitative estimate of drug-likeness (QED) is 0.801. The fourth-order valence-corrected chi connectivity index (χ4v) is 1.30. The molecule has 1 heterocycles. The second kappa shape index (κ2) is 3.74. The molecule has 0 atom stereocenters. The molecule has 0 fully saturated rings. The molecule has 2 N–H and O–H groups in total. The Hall–Kier alpha value is -1.81. The van der Waals surface area contributed by atoms with Gasteiger partial charge < -0.3 is 10.2 Å². The summed E-state index contributed by atoms with van der Waals surface area (Å²) in [5, 5.41) is 0.614. The Morgan fingerprint density at radius 3 is 2.53 bits per heavy atom. The predicted molar refractivity (Wildman–Crippen MR) is 57.6 cm³/mol. The van der Waals surface area contributed by atoms with Crippen LogP contribution in [0.1, 0.15) is 0 Å². The molecule has 1 aromatic heterocycles. The lowest BCUT2D eigenvalue weighted by atomic mass is 10.2. The molecule has 2 aromatic rings. The maximum atomic E-state index is 11.1. The van der Waals surface area contributed by atoms with Crippen LogP contribution in [0.3, 0.4) is 0 Å². The minimum absolute atomic E-state index is 0.146. The molecule has 0 saturated heterocycles. The van der Waals surface area contributed by atoms with Crippen LogP contribution in [0.15, 0.2) is 39.5 Å². The van der Waals surface area contributed by atoms with Crippen molar-refractivity contribution in [3.8, 4) is 11.3 Å². The summed E-state index contributed by atoms with van der Waals surface area (Å²) in [6.45, 7) is 0. The minimum Gasteiger partial charge on any atom is -0.425 e. The summed E-state index contributed by atoms with van der Waals surface area (Å²) in [5.74, 6) is 0.379. The van der Waals surface area contributed by atoms with Gasteiger partial charge in [-0.05, 0) is 24.3 Å². The maximum absolute atomic E-state index is 11.1. The van der Waals surface area contributed by atoms with Crippen molar-refractivity contribution >= 4 is 17.6 Å². The van der Waals surface area contributed by atoms with E-state index in [1.54, 1.807) is 24.3 Å². The zero-order chi connectivity index (χ0) is 10.8. The van der Waals surface area contributed by atoms with Gasteiger partial charge >= 0.3 is 0 Å². The highest BCUT2D eigenvalue weighted by Gasteiger charge is 2.03. The molecule has 0 radical (unpaired) electrons. The normalized spacial score (nSPS) is 10.2. The van der Waals surface area contributed by atoms with Crippen molar-refractivity contribution in [1.29, 1.82) is 0 Å². The van der Waals surface area contributed by atoms with Crippen molar-refractivity contribution < 1.29 is 4.42 Å². The van der Waals surface area contributed by atoms with Crippen LogP contribution in [0.2, 0.25) is 5.02 Å². The number of nitrogens with two attached hydrogens (primary N) is 1. The molecule has 0 bridgehead atoms. The van der Waals surface area contributed by atoms with Gasteiger partial charge in [0.15, 0.2) is 0 Å². The number of nitrogen functional groups attached to an aromatic ring is 1. The molecule has 2 rings (SSSR count). The first-order chi connectivity index (χ1) is 7.15. The Labute approximate surface area is 90.3 Å². The Balaban J connectivity index is 2.54. The first-order valence-electron chi connectivity index (χ1n) is 4.19. The molecule has 15 heavy (non-hydrogen) atoms. The van der Waals surface area contributed by atoms with Crippen LogP contribution < -0.4 is 11.3 Å². The molecule has 0 aliphatic heterocycles. The van der Waals surface area contributed by atoms with Crippen molar-refractivity contribution in [2.75, 3.05) is 5.73 Å². The van der Waals surface area contributed by atoms with Crippen LogP contribution >= 0.6 is 11.6 Å². The molecule has 76 valence electrons. The summed E-state index contributed by atoms with van der Waals surface area (Å²) in [6, 6.07) is 8.01. The minimum atomic E-state index is -0.427. The third-order valence-corrected chi connectivity index (χ3v) is 2.07. The molecule has 0 aliphatic carbocycles. The second-order valence-corrected chi connectivity index (χ2v) is 3.34. The summed E-state index contributed by atoms with van der Waals surface area (Å²) in [6.07, 6.45) is 0. The lowest BCUT2D eigenvalue weighted by Gasteiger charge is -2.00. The molecule has 0 saturated carbocycles. The predicted octanol–water partition coefficient (Wildman–Crippen LogP) is 1.94. The second-order valence-electron chi connectivity index (χ2n) is 2.91. The molecule has 4 nitrogen and oxygen atoms in total. The Morgan fingerprint density at radius 2 is 1.93 bits per heavy atom. The molecule has 0 spiro atoms. The van der Waals surface area contributed by atoms with Crippen molar-refractivity contribution in [3.05, 3.63) is 45.7 Å². The van der Waals surface area contributed by atoms with E-state index < -0.39 is 5.56 Å². The first kappa shape index (κ1) is 9.73. The van der Waals surface area contributed by atoms with Gasteiger partial charge in [-0.25, -0.2) is 0 Å². The number of rotatable bonds is 1. The summed E-state index contributed by atoms with van der Waals surface area (Å²) in [7, 11) is 0. The zero-order valence-electron chi connectivity index (χ0n) is 7.61. The molecular formula is C10H7ClN2O2. The van der Waals surface area contributed by atoms with Gasteiger partial charge in [-0.3, -0.25) is 4.79 Å². The van der Waals surface area contributed by atoms with Crippen molar-refractivity contribution in [2.24, 2.45) is 0 Å². The van der Waals surface area contributed by atoms with Crippen LogP contribution in [0, 0.1) is 0 Å². The molecule has 1 aromatic carbocycles. The summed E-state index contributed by atoms with van der Waals surface area (Å²) >= 11 is 5.73. The van der Waals surface area contributed by atoms with E-state index in [0.717, 1.165) is 5.56 Å². The average Bonchev–Trinajstić information content (AvgIpc) is 2.17. The molecule has 0 aliphatic rings. The number of aromatic nitrogens is 1. The number of nitrogens with zero attached hydrogens (tertiary/aromatic N) is 1. The number of anilines is 1. The molecular weight excluding hydrogens is 216 g/mol. The van der Waals surface area contributed by atoms with E-state index in [1.807, 2.05) is 0 Å². The van der Waals surface area contributed by atoms with E-state index in [2.05, 4.69) is 4.98 Å². The summed E-state index contributed by atoms with van der Waals surface area (Å²) in [5.41, 5.74) is 5.62. The van der Waals surface area contributed by atoms with E-state index in [1.165, 1.54) is 6.07 Å². The number of benzene rings is 1. The first-order valence-corrected chi connectivity index (χ1v) is 4.56. The fraction of sp³-hybridized carbons (Fsp3) is 0. The molecule has 5 heteroatoms. The largest absolute Gasteiger partial charge is 0.425 e. The van der Waals surface area contributed by atoms with Crippen molar-refractivity contribution in [2.45, 2.75) is 0 Å². The fourth-order valence-electron chi connectivity index (χ4n) is 1.17. The van der Waals surface area contributed by atoms with E-state index in [9.17, 15) is 4.79 Å². The van der Waals surface area contributed by atoms with Crippen molar-refractivity contribution in [1.82, 2.24) is 4.98 Å². The smallest absolute Gasteiger partial charge is 0.295 e. The highest BCUT2D eigenvalue weighted by atomic mass is 35.5. The number of hydrogen-bond acceptors (Lipinski definition) is 4. The van der Waals surface area contributed by atoms with Gasteiger partial charge in [0.05, 0.1) is 0 Å². The Bertz CT molecular complexity index is 534. The third-order valence-electron chi connectivity index (χ3n) is 1.82. The highest BCUT2D eigenvalue weighted by Crippen LogP contribution is 2.20. The standard InChI is InChI=1S/C10H7ClN2O2/c11-7-3-1-6(2-4-7)8-5-9(14)13-10(12)15-8/h1-5H,(H2,12,13,14). The monoisotopic (exact) mass is 222 g/mol. The zero-order valence-corrected chi connectivity index (χ0v) is 8.36. The SMILES string of the molecule is Nc1nc(=O)cc(-c2ccc(Cl)cc2)o1. The van der Waals surface area contributed by atoms with Gasteiger partial charge in [0.2, 0.25) is 0 Å². The van der Waals surface area contributed by atoms with Crippen LogP contribution in [0.4, 0.5) is 6.01 Å². The highest BCUT2D eigenvalue weighted by molar-refractivity contribution is 6.30. The van der Waals surface area contributed by atoms with Crippen LogP contribution in [0.25, 0.3) is 11.3 Å². The van der Waals surface area contributed by atoms with E-state index in [-0.39, 0.29) is 6.01 Å². The average molecular weight is 223 g/mol. The Morgan fingerprint density at radius 1 is 1.27 bits per heavy atom. The van der Waals surface area contributed by atoms with Crippen LogP contribution in [0.5, 0.6) is 0 Å².